The zero-order chi connectivity index (χ0) is 14.1. The van der Waals surface area contributed by atoms with E-state index in [0.29, 0.717) is 25.4 Å². The van der Waals surface area contributed by atoms with Gasteiger partial charge in [-0.15, -0.1) is 0 Å². The number of hydrogen-bond donors (Lipinski definition) is 2. The highest BCUT2D eigenvalue weighted by Crippen LogP contribution is 2.05. The molecule has 106 valence electrons. The van der Waals surface area contributed by atoms with Gasteiger partial charge in [-0.05, 0) is 19.4 Å². The zero-order valence-corrected chi connectivity index (χ0v) is 11.9. The number of methoxy groups -OCH3 is 1. The van der Waals surface area contributed by atoms with Crippen LogP contribution >= 0.6 is 0 Å². The van der Waals surface area contributed by atoms with Crippen LogP contribution in [-0.2, 0) is 11.3 Å². The van der Waals surface area contributed by atoms with Crippen molar-refractivity contribution >= 4 is 5.91 Å². The average Bonchev–Trinajstić information content (AvgIpc) is 2.43. The maximum Gasteiger partial charge on any atom is 0.221 e. The minimum Gasteiger partial charge on any atom is -0.481 e. The maximum absolute atomic E-state index is 11.5. The number of amides is 1. The van der Waals surface area contributed by atoms with Crippen LogP contribution in [0.5, 0.6) is 5.88 Å². The van der Waals surface area contributed by atoms with Crippen molar-refractivity contribution in [3.63, 3.8) is 0 Å². The van der Waals surface area contributed by atoms with Gasteiger partial charge in [-0.25, -0.2) is 4.98 Å². The third-order valence-corrected chi connectivity index (χ3v) is 2.85. The Bertz CT molecular complexity index is 396. The summed E-state index contributed by atoms with van der Waals surface area (Å²) in [5, 5.41) is 6.13. The van der Waals surface area contributed by atoms with Gasteiger partial charge < -0.3 is 15.4 Å². The van der Waals surface area contributed by atoms with Gasteiger partial charge in [-0.3, -0.25) is 4.79 Å². The molecule has 1 unspecified atom stereocenters. The summed E-state index contributed by atoms with van der Waals surface area (Å²) in [5.41, 5.74) is 0.904. The van der Waals surface area contributed by atoms with E-state index in [1.165, 1.54) is 0 Å². The summed E-state index contributed by atoms with van der Waals surface area (Å²) in [6.45, 7) is 5.33. The van der Waals surface area contributed by atoms with E-state index < -0.39 is 0 Å². The van der Waals surface area contributed by atoms with E-state index in [0.717, 1.165) is 12.1 Å². The van der Waals surface area contributed by atoms with Crippen LogP contribution in [0.4, 0.5) is 0 Å². The number of rotatable bonds is 8. The Morgan fingerprint density at radius 2 is 2.26 bits per heavy atom. The molecule has 19 heavy (non-hydrogen) atoms. The number of nitrogens with one attached hydrogen (secondary N) is 2. The average molecular weight is 265 g/mol. The van der Waals surface area contributed by atoms with Crippen LogP contribution in [-0.4, -0.2) is 30.6 Å². The number of nitrogens with zero attached hydrogens (tertiary/aromatic N) is 1. The van der Waals surface area contributed by atoms with Gasteiger partial charge in [0.05, 0.1) is 12.8 Å². The molecule has 0 spiro atoms. The van der Waals surface area contributed by atoms with E-state index in [-0.39, 0.29) is 11.9 Å². The number of ether oxygens (including phenoxy) is 1. The Balaban J connectivity index is 2.21. The third-order valence-electron chi connectivity index (χ3n) is 2.85. The molecule has 5 heteroatoms. The lowest BCUT2D eigenvalue weighted by Gasteiger charge is -2.11. The minimum atomic E-state index is 0.0838. The lowest BCUT2D eigenvalue weighted by Crippen LogP contribution is -2.33. The predicted octanol–water partition coefficient (Wildman–Crippen LogP) is 1.48. The largest absolute Gasteiger partial charge is 0.481 e. The standard InChI is InChI=1S/C14H23N3O2/c1-4-11(2)16-13(18)8-9-15-10-12-6-5-7-14(17-12)19-3/h5-7,11,15H,4,8-10H2,1-3H3,(H,16,18). The molecule has 1 aromatic rings. The second-order valence-corrected chi connectivity index (χ2v) is 4.47. The molecule has 1 heterocycles. The van der Waals surface area contributed by atoms with Crippen LogP contribution in [0.2, 0.25) is 0 Å². The van der Waals surface area contributed by atoms with Crippen LogP contribution < -0.4 is 15.4 Å². The summed E-state index contributed by atoms with van der Waals surface area (Å²) in [6.07, 6.45) is 1.43. The SMILES string of the molecule is CCC(C)NC(=O)CCNCc1cccc(OC)n1. The molecule has 0 radical (unpaired) electrons. The van der Waals surface area contributed by atoms with Crippen molar-refractivity contribution in [2.24, 2.45) is 0 Å². The number of aromatic nitrogens is 1. The van der Waals surface area contributed by atoms with Crippen LogP contribution in [0.15, 0.2) is 18.2 Å². The molecule has 0 aliphatic carbocycles. The monoisotopic (exact) mass is 265 g/mol. The van der Waals surface area contributed by atoms with Crippen molar-refractivity contribution in [3.05, 3.63) is 23.9 Å². The predicted molar refractivity (Wildman–Crippen MR) is 75.0 cm³/mol. The molecule has 1 atom stereocenters. The van der Waals surface area contributed by atoms with E-state index >= 15 is 0 Å². The molecule has 0 aliphatic rings. The van der Waals surface area contributed by atoms with Gasteiger partial charge in [0.15, 0.2) is 0 Å². The van der Waals surface area contributed by atoms with Crippen molar-refractivity contribution in [3.8, 4) is 5.88 Å². The molecule has 0 saturated carbocycles. The van der Waals surface area contributed by atoms with Crippen LogP contribution in [0.3, 0.4) is 0 Å². The lowest BCUT2D eigenvalue weighted by molar-refractivity contribution is -0.121. The Kier molecular flexibility index (Phi) is 6.89. The lowest BCUT2D eigenvalue weighted by atomic mass is 10.2. The van der Waals surface area contributed by atoms with Gasteiger partial charge in [-0.2, -0.15) is 0 Å². The first-order valence-corrected chi connectivity index (χ1v) is 6.65. The molecule has 1 rings (SSSR count). The van der Waals surface area contributed by atoms with Gasteiger partial charge in [0.1, 0.15) is 0 Å². The second-order valence-electron chi connectivity index (χ2n) is 4.47. The zero-order valence-electron chi connectivity index (χ0n) is 11.9. The molecule has 5 nitrogen and oxygen atoms in total. The maximum atomic E-state index is 11.5. The van der Waals surface area contributed by atoms with E-state index in [4.69, 9.17) is 4.74 Å². The fourth-order valence-corrected chi connectivity index (χ4v) is 1.54. The van der Waals surface area contributed by atoms with Gasteiger partial charge in [0.25, 0.3) is 0 Å². The van der Waals surface area contributed by atoms with E-state index in [1.807, 2.05) is 25.1 Å². The molecule has 0 bridgehead atoms. The molecule has 0 aliphatic heterocycles. The summed E-state index contributed by atoms with van der Waals surface area (Å²) in [6, 6.07) is 5.88. The van der Waals surface area contributed by atoms with Crippen molar-refractivity contribution in [2.45, 2.75) is 39.3 Å². The van der Waals surface area contributed by atoms with Gasteiger partial charge >= 0.3 is 0 Å². The highest BCUT2D eigenvalue weighted by Gasteiger charge is 2.04. The second kappa shape index (κ2) is 8.48. The minimum absolute atomic E-state index is 0.0838. The first-order chi connectivity index (χ1) is 9.15. The van der Waals surface area contributed by atoms with Crippen molar-refractivity contribution in [1.82, 2.24) is 15.6 Å². The topological polar surface area (TPSA) is 63.2 Å². The highest BCUT2D eigenvalue weighted by atomic mass is 16.5. The molecule has 1 amide bonds. The summed E-state index contributed by atoms with van der Waals surface area (Å²) < 4.78 is 5.05. The number of pyridine rings is 1. The highest BCUT2D eigenvalue weighted by molar-refractivity contribution is 5.76. The van der Waals surface area contributed by atoms with E-state index in [1.54, 1.807) is 7.11 Å². The van der Waals surface area contributed by atoms with Crippen molar-refractivity contribution in [2.75, 3.05) is 13.7 Å². The number of hydrogen-bond acceptors (Lipinski definition) is 4. The van der Waals surface area contributed by atoms with E-state index in [9.17, 15) is 4.79 Å². The fraction of sp³-hybridized carbons (Fsp3) is 0.571. The van der Waals surface area contributed by atoms with E-state index in [2.05, 4.69) is 22.5 Å². The first-order valence-electron chi connectivity index (χ1n) is 6.65. The molecule has 1 aromatic heterocycles. The summed E-state index contributed by atoms with van der Waals surface area (Å²) in [5.74, 6) is 0.689. The Labute approximate surface area is 114 Å². The fourth-order valence-electron chi connectivity index (χ4n) is 1.54. The quantitative estimate of drug-likeness (QED) is 0.699. The summed E-state index contributed by atoms with van der Waals surface area (Å²) in [4.78, 5) is 15.8. The van der Waals surface area contributed by atoms with Crippen LogP contribution in [0.25, 0.3) is 0 Å². The first kappa shape index (κ1) is 15.4. The molecule has 0 fully saturated rings. The molecule has 0 aromatic carbocycles. The Morgan fingerprint density at radius 3 is 2.95 bits per heavy atom. The molecule has 0 saturated heterocycles. The van der Waals surface area contributed by atoms with Gasteiger partial charge in [0.2, 0.25) is 11.8 Å². The number of carbonyl (C=O) groups excluding carboxylic acids is 1. The number of carbonyl (C=O) groups is 1. The summed E-state index contributed by atoms with van der Waals surface area (Å²) in [7, 11) is 1.60. The van der Waals surface area contributed by atoms with Crippen LogP contribution in [0, 0.1) is 0 Å². The Hall–Kier alpha value is -1.62. The Morgan fingerprint density at radius 1 is 1.47 bits per heavy atom. The van der Waals surface area contributed by atoms with Gasteiger partial charge in [-0.1, -0.05) is 13.0 Å². The molecular formula is C14H23N3O2. The van der Waals surface area contributed by atoms with Crippen molar-refractivity contribution < 1.29 is 9.53 Å². The smallest absolute Gasteiger partial charge is 0.221 e. The summed E-state index contributed by atoms with van der Waals surface area (Å²) >= 11 is 0. The van der Waals surface area contributed by atoms with Crippen molar-refractivity contribution in [1.29, 1.82) is 0 Å². The normalized spacial score (nSPS) is 11.9. The van der Waals surface area contributed by atoms with Crippen LogP contribution in [0.1, 0.15) is 32.4 Å². The molecule has 2 N–H and O–H groups in total. The molecular weight excluding hydrogens is 242 g/mol. The third kappa shape index (κ3) is 6.20. The van der Waals surface area contributed by atoms with Gasteiger partial charge in [0, 0.05) is 31.6 Å².